The first-order chi connectivity index (χ1) is 15.9. The average molecular weight is 451 g/mol. The number of nitrogens with zero attached hydrogens (tertiary/aromatic N) is 1. The SMILES string of the molecule is CC(C(=O)NC(CN1CCC(O)C1)c1ccccc1)(c1ccc(F)cc1)c1ccc(F)cc1. The van der Waals surface area contributed by atoms with Crippen molar-refractivity contribution in [3.63, 3.8) is 0 Å². The molecule has 33 heavy (non-hydrogen) atoms. The van der Waals surface area contributed by atoms with Crippen LogP contribution in [-0.4, -0.2) is 41.7 Å². The molecule has 3 aromatic carbocycles. The summed E-state index contributed by atoms with van der Waals surface area (Å²) < 4.78 is 27.3. The maximum absolute atomic E-state index is 13.9. The maximum atomic E-state index is 13.9. The van der Waals surface area contributed by atoms with Crippen molar-refractivity contribution in [3.8, 4) is 0 Å². The van der Waals surface area contributed by atoms with E-state index in [0.717, 1.165) is 12.1 Å². The molecule has 2 N–H and O–H groups in total. The number of halogens is 2. The largest absolute Gasteiger partial charge is 0.392 e. The van der Waals surface area contributed by atoms with Crippen molar-refractivity contribution in [1.29, 1.82) is 0 Å². The zero-order valence-electron chi connectivity index (χ0n) is 18.5. The zero-order chi connectivity index (χ0) is 23.4. The summed E-state index contributed by atoms with van der Waals surface area (Å²) in [5.74, 6) is -1.06. The van der Waals surface area contributed by atoms with Crippen LogP contribution in [0.5, 0.6) is 0 Å². The highest BCUT2D eigenvalue weighted by Crippen LogP contribution is 2.34. The van der Waals surface area contributed by atoms with E-state index < -0.39 is 17.0 Å². The molecule has 4 nitrogen and oxygen atoms in total. The number of carbonyl (C=O) groups excluding carboxylic acids is 1. The number of benzene rings is 3. The van der Waals surface area contributed by atoms with Gasteiger partial charge in [-0.1, -0.05) is 54.6 Å². The number of nitrogens with one attached hydrogen (secondary N) is 1. The van der Waals surface area contributed by atoms with Crippen molar-refractivity contribution in [2.24, 2.45) is 0 Å². The van der Waals surface area contributed by atoms with Gasteiger partial charge in [-0.2, -0.15) is 0 Å². The number of aliphatic hydroxyl groups is 1. The second-order valence-electron chi connectivity index (χ2n) is 8.78. The van der Waals surface area contributed by atoms with Gasteiger partial charge in [0.15, 0.2) is 0 Å². The molecule has 1 saturated heterocycles. The average Bonchev–Trinajstić information content (AvgIpc) is 3.24. The van der Waals surface area contributed by atoms with Crippen LogP contribution in [-0.2, 0) is 10.2 Å². The van der Waals surface area contributed by atoms with E-state index >= 15 is 0 Å². The summed E-state index contributed by atoms with van der Waals surface area (Å²) in [6, 6.07) is 21.0. The number of hydrogen-bond donors (Lipinski definition) is 2. The van der Waals surface area contributed by atoms with Gasteiger partial charge in [-0.3, -0.25) is 9.69 Å². The molecule has 1 heterocycles. The van der Waals surface area contributed by atoms with Gasteiger partial charge in [0.1, 0.15) is 11.6 Å². The van der Waals surface area contributed by atoms with Gasteiger partial charge in [0, 0.05) is 19.6 Å². The lowest BCUT2D eigenvalue weighted by atomic mass is 9.75. The molecule has 0 radical (unpaired) electrons. The molecule has 2 unspecified atom stereocenters. The van der Waals surface area contributed by atoms with Crippen LogP contribution in [0.25, 0.3) is 0 Å². The predicted molar refractivity (Wildman–Crippen MR) is 124 cm³/mol. The fraction of sp³-hybridized carbons (Fsp3) is 0.296. The minimum Gasteiger partial charge on any atom is -0.392 e. The summed E-state index contributed by atoms with van der Waals surface area (Å²) in [4.78, 5) is 16.0. The number of carbonyl (C=O) groups is 1. The minimum absolute atomic E-state index is 0.269. The van der Waals surface area contributed by atoms with Crippen LogP contribution in [0.2, 0.25) is 0 Å². The van der Waals surface area contributed by atoms with E-state index in [4.69, 9.17) is 0 Å². The zero-order valence-corrected chi connectivity index (χ0v) is 18.5. The Morgan fingerprint density at radius 3 is 2.03 bits per heavy atom. The van der Waals surface area contributed by atoms with Crippen molar-refractivity contribution in [3.05, 3.63) is 107 Å². The van der Waals surface area contributed by atoms with Gasteiger partial charge in [-0.15, -0.1) is 0 Å². The molecule has 3 aromatic rings. The molecule has 0 saturated carbocycles. The first-order valence-corrected chi connectivity index (χ1v) is 11.1. The second-order valence-corrected chi connectivity index (χ2v) is 8.78. The molecule has 2 atom stereocenters. The summed E-state index contributed by atoms with van der Waals surface area (Å²) >= 11 is 0. The van der Waals surface area contributed by atoms with Crippen LogP contribution in [0, 0.1) is 11.6 Å². The predicted octanol–water partition coefficient (Wildman–Crippen LogP) is 4.19. The number of aliphatic hydroxyl groups excluding tert-OH is 1. The lowest BCUT2D eigenvalue weighted by Gasteiger charge is -2.33. The summed E-state index contributed by atoms with van der Waals surface area (Å²) in [6.07, 6.45) is 0.346. The van der Waals surface area contributed by atoms with Gasteiger partial charge < -0.3 is 10.4 Å². The Balaban J connectivity index is 1.69. The normalized spacial score (nSPS) is 17.6. The van der Waals surface area contributed by atoms with Crippen LogP contribution in [0.3, 0.4) is 0 Å². The third kappa shape index (κ3) is 5.13. The number of amides is 1. The van der Waals surface area contributed by atoms with Crippen molar-refractivity contribution < 1.29 is 18.7 Å². The highest BCUT2D eigenvalue weighted by Gasteiger charge is 2.39. The van der Waals surface area contributed by atoms with E-state index in [1.165, 1.54) is 24.3 Å². The van der Waals surface area contributed by atoms with Gasteiger partial charge in [0.25, 0.3) is 0 Å². The maximum Gasteiger partial charge on any atom is 0.235 e. The standard InChI is InChI=1S/C27H28F2N2O2/c1-27(20-7-11-22(28)12-8-20,21-9-13-23(29)14-10-21)26(33)30-25(19-5-3-2-4-6-19)18-31-16-15-24(32)17-31/h2-14,24-25,32H,15-18H2,1H3,(H,30,33). The van der Waals surface area contributed by atoms with Gasteiger partial charge >= 0.3 is 0 Å². The van der Waals surface area contributed by atoms with E-state index in [0.29, 0.717) is 30.6 Å². The van der Waals surface area contributed by atoms with E-state index in [1.54, 1.807) is 31.2 Å². The van der Waals surface area contributed by atoms with Gasteiger partial charge in [0.2, 0.25) is 5.91 Å². The highest BCUT2D eigenvalue weighted by molar-refractivity contribution is 5.92. The molecule has 1 fully saturated rings. The molecule has 0 spiro atoms. The lowest BCUT2D eigenvalue weighted by Crippen LogP contribution is -2.47. The van der Waals surface area contributed by atoms with Crippen molar-refractivity contribution in [2.45, 2.75) is 30.9 Å². The molecule has 1 aliphatic rings. The summed E-state index contributed by atoms with van der Waals surface area (Å²) in [7, 11) is 0. The van der Waals surface area contributed by atoms with Gasteiger partial charge in [0.05, 0.1) is 17.6 Å². The number of hydrogen-bond acceptors (Lipinski definition) is 3. The Labute approximate surface area is 192 Å². The van der Waals surface area contributed by atoms with Crippen LogP contribution in [0.4, 0.5) is 8.78 Å². The monoisotopic (exact) mass is 450 g/mol. The first kappa shape index (κ1) is 23.1. The van der Waals surface area contributed by atoms with E-state index in [-0.39, 0.29) is 18.1 Å². The Kier molecular flexibility index (Phi) is 6.86. The highest BCUT2D eigenvalue weighted by atomic mass is 19.1. The Morgan fingerprint density at radius 1 is 1.00 bits per heavy atom. The molecule has 1 amide bonds. The number of likely N-dealkylation sites (tertiary alicyclic amines) is 1. The van der Waals surface area contributed by atoms with E-state index in [2.05, 4.69) is 10.2 Å². The number of rotatable bonds is 7. The molecule has 0 aliphatic carbocycles. The first-order valence-electron chi connectivity index (χ1n) is 11.1. The molecular formula is C27H28F2N2O2. The van der Waals surface area contributed by atoms with Crippen LogP contribution >= 0.6 is 0 Å². The Morgan fingerprint density at radius 2 is 1.55 bits per heavy atom. The van der Waals surface area contributed by atoms with Crippen molar-refractivity contribution in [1.82, 2.24) is 10.2 Å². The molecule has 6 heteroatoms. The topological polar surface area (TPSA) is 52.6 Å². The molecule has 4 rings (SSSR count). The smallest absolute Gasteiger partial charge is 0.235 e. The Bertz CT molecular complexity index is 1030. The van der Waals surface area contributed by atoms with E-state index in [9.17, 15) is 18.7 Å². The van der Waals surface area contributed by atoms with Crippen LogP contribution < -0.4 is 5.32 Å². The summed E-state index contributed by atoms with van der Waals surface area (Å²) in [6.45, 7) is 3.64. The third-order valence-corrected chi connectivity index (χ3v) is 6.49. The summed E-state index contributed by atoms with van der Waals surface area (Å²) in [5.41, 5.74) is 1.000. The molecule has 172 valence electrons. The van der Waals surface area contributed by atoms with Crippen LogP contribution in [0.15, 0.2) is 78.9 Å². The van der Waals surface area contributed by atoms with Crippen LogP contribution in [0.1, 0.15) is 36.1 Å². The molecule has 0 aromatic heterocycles. The van der Waals surface area contributed by atoms with Crippen molar-refractivity contribution in [2.75, 3.05) is 19.6 Å². The summed E-state index contributed by atoms with van der Waals surface area (Å²) in [5, 5.41) is 13.1. The number of β-amino-alcohol motifs (C(OH)–C–C–N with tert-alkyl or cyclic N) is 1. The van der Waals surface area contributed by atoms with Gasteiger partial charge in [-0.25, -0.2) is 8.78 Å². The quantitative estimate of drug-likeness (QED) is 0.568. The lowest BCUT2D eigenvalue weighted by molar-refractivity contribution is -0.125. The minimum atomic E-state index is -1.17. The molecule has 1 aliphatic heterocycles. The molecule has 0 bridgehead atoms. The Hall–Kier alpha value is -3.09. The van der Waals surface area contributed by atoms with Crippen molar-refractivity contribution >= 4 is 5.91 Å². The van der Waals surface area contributed by atoms with Gasteiger partial charge in [-0.05, 0) is 54.3 Å². The van der Waals surface area contributed by atoms with E-state index in [1.807, 2.05) is 30.3 Å². The second kappa shape index (κ2) is 9.81. The third-order valence-electron chi connectivity index (χ3n) is 6.49. The fourth-order valence-corrected chi connectivity index (χ4v) is 4.45. The molecular weight excluding hydrogens is 422 g/mol. The fourth-order valence-electron chi connectivity index (χ4n) is 4.45.